The summed E-state index contributed by atoms with van der Waals surface area (Å²) < 4.78 is 0. The van der Waals surface area contributed by atoms with Crippen molar-refractivity contribution in [3.63, 3.8) is 0 Å². The molecular weight excluding hydrogens is 228 g/mol. The van der Waals surface area contributed by atoms with E-state index < -0.39 is 11.5 Å². The van der Waals surface area contributed by atoms with E-state index in [2.05, 4.69) is 10.6 Å². The van der Waals surface area contributed by atoms with Crippen molar-refractivity contribution < 1.29 is 14.7 Å². The van der Waals surface area contributed by atoms with Crippen molar-refractivity contribution in [2.24, 2.45) is 5.92 Å². The molecular formula is C10H16N2O3S. The fourth-order valence-electron chi connectivity index (χ4n) is 1.76. The van der Waals surface area contributed by atoms with Gasteiger partial charge in [-0.25, -0.2) is 9.59 Å². The molecule has 0 radical (unpaired) electrons. The molecule has 0 aromatic rings. The molecule has 5 nitrogen and oxygen atoms in total. The number of carbonyl (C=O) groups is 2. The lowest BCUT2D eigenvalue weighted by molar-refractivity contribution is -0.140. The van der Waals surface area contributed by atoms with E-state index in [1.54, 1.807) is 0 Å². The van der Waals surface area contributed by atoms with Gasteiger partial charge in [-0.2, -0.15) is 11.8 Å². The van der Waals surface area contributed by atoms with Crippen molar-refractivity contribution in [3.05, 3.63) is 0 Å². The number of rotatable bonds is 4. The number of amides is 2. The van der Waals surface area contributed by atoms with E-state index in [1.165, 1.54) is 0 Å². The number of hydrogen-bond donors (Lipinski definition) is 3. The van der Waals surface area contributed by atoms with E-state index in [1.807, 2.05) is 11.8 Å². The van der Waals surface area contributed by atoms with Crippen LogP contribution in [0, 0.1) is 5.92 Å². The Balaban J connectivity index is 1.70. The molecule has 1 aliphatic heterocycles. The van der Waals surface area contributed by atoms with Crippen LogP contribution in [-0.4, -0.2) is 40.7 Å². The lowest BCUT2D eigenvalue weighted by atomic mass is 10.1. The van der Waals surface area contributed by atoms with E-state index in [-0.39, 0.29) is 6.03 Å². The maximum Gasteiger partial charge on any atom is 0.329 e. The highest BCUT2D eigenvalue weighted by molar-refractivity contribution is 7.99. The SMILES string of the molecule is O=C(NCC1CCSC1)NC1(C(=O)O)CC1. The summed E-state index contributed by atoms with van der Waals surface area (Å²) >= 11 is 1.90. The van der Waals surface area contributed by atoms with Crippen LogP contribution in [0.2, 0.25) is 0 Å². The number of hydrogen-bond acceptors (Lipinski definition) is 3. The molecule has 1 saturated carbocycles. The standard InChI is InChI=1S/C10H16N2O3S/c13-8(14)10(2-3-10)12-9(15)11-5-7-1-4-16-6-7/h7H,1-6H2,(H,13,14)(H2,11,12,15). The average Bonchev–Trinajstić information content (AvgIpc) is 2.84. The maximum absolute atomic E-state index is 11.5. The zero-order chi connectivity index (χ0) is 11.6. The van der Waals surface area contributed by atoms with Crippen molar-refractivity contribution in [1.29, 1.82) is 0 Å². The fourth-order valence-corrected chi connectivity index (χ4v) is 3.04. The molecule has 6 heteroatoms. The van der Waals surface area contributed by atoms with Crippen LogP contribution in [0.1, 0.15) is 19.3 Å². The van der Waals surface area contributed by atoms with Crippen LogP contribution in [-0.2, 0) is 4.79 Å². The predicted molar refractivity (Wildman–Crippen MR) is 61.6 cm³/mol. The van der Waals surface area contributed by atoms with E-state index >= 15 is 0 Å². The van der Waals surface area contributed by atoms with Crippen molar-refractivity contribution in [2.45, 2.75) is 24.8 Å². The molecule has 2 rings (SSSR count). The van der Waals surface area contributed by atoms with Gasteiger partial charge in [0.05, 0.1) is 0 Å². The number of carboxylic acid groups (broad SMARTS) is 1. The summed E-state index contributed by atoms with van der Waals surface area (Å²) in [6, 6.07) is -0.350. The summed E-state index contributed by atoms with van der Waals surface area (Å²) in [6.45, 7) is 0.647. The van der Waals surface area contributed by atoms with Gasteiger partial charge in [0, 0.05) is 6.54 Å². The van der Waals surface area contributed by atoms with Gasteiger partial charge in [-0.1, -0.05) is 0 Å². The summed E-state index contributed by atoms with van der Waals surface area (Å²) in [5.41, 5.74) is -0.978. The Labute approximate surface area is 98.4 Å². The van der Waals surface area contributed by atoms with Gasteiger partial charge in [-0.15, -0.1) is 0 Å². The third-order valence-corrected chi connectivity index (χ3v) is 4.32. The van der Waals surface area contributed by atoms with Crippen LogP contribution in [0.5, 0.6) is 0 Å². The van der Waals surface area contributed by atoms with Crippen LogP contribution in [0.15, 0.2) is 0 Å². The molecule has 0 aromatic heterocycles. The normalized spacial score (nSPS) is 26.1. The molecule has 2 amide bonds. The Morgan fingerprint density at radius 1 is 1.44 bits per heavy atom. The molecule has 3 N–H and O–H groups in total. The second-order valence-corrected chi connectivity index (χ2v) is 5.60. The molecule has 1 saturated heterocycles. The van der Waals surface area contributed by atoms with Crippen molar-refractivity contribution in [3.8, 4) is 0 Å². The van der Waals surface area contributed by atoms with Gasteiger partial charge in [0.2, 0.25) is 0 Å². The Kier molecular flexibility index (Phi) is 3.28. The Morgan fingerprint density at radius 3 is 2.69 bits per heavy atom. The van der Waals surface area contributed by atoms with Crippen LogP contribution < -0.4 is 10.6 Å². The van der Waals surface area contributed by atoms with E-state index in [0.717, 1.165) is 17.9 Å². The summed E-state index contributed by atoms with van der Waals surface area (Å²) in [5.74, 6) is 1.85. The molecule has 1 heterocycles. The summed E-state index contributed by atoms with van der Waals surface area (Å²) in [7, 11) is 0. The quantitative estimate of drug-likeness (QED) is 0.678. The fraction of sp³-hybridized carbons (Fsp3) is 0.800. The number of thioether (sulfide) groups is 1. The molecule has 16 heavy (non-hydrogen) atoms. The molecule has 0 aromatic carbocycles. The average molecular weight is 244 g/mol. The summed E-state index contributed by atoms with van der Waals surface area (Å²) in [4.78, 5) is 22.3. The molecule has 90 valence electrons. The van der Waals surface area contributed by atoms with Gasteiger partial charge in [0.15, 0.2) is 0 Å². The minimum Gasteiger partial charge on any atom is -0.480 e. The Morgan fingerprint density at radius 2 is 2.19 bits per heavy atom. The highest BCUT2D eigenvalue weighted by Gasteiger charge is 2.51. The van der Waals surface area contributed by atoms with Crippen molar-refractivity contribution >= 4 is 23.8 Å². The summed E-state index contributed by atoms with van der Waals surface area (Å²) in [5, 5.41) is 14.2. The van der Waals surface area contributed by atoms with Crippen LogP contribution in [0.3, 0.4) is 0 Å². The lowest BCUT2D eigenvalue weighted by Gasteiger charge is -2.15. The predicted octanol–water partition coefficient (Wildman–Crippen LogP) is 0.656. The number of nitrogens with one attached hydrogen (secondary N) is 2. The third kappa shape index (κ3) is 2.61. The van der Waals surface area contributed by atoms with Gasteiger partial charge in [0.1, 0.15) is 5.54 Å². The van der Waals surface area contributed by atoms with Crippen molar-refractivity contribution in [1.82, 2.24) is 10.6 Å². The summed E-state index contributed by atoms with van der Waals surface area (Å²) in [6.07, 6.45) is 2.21. The lowest BCUT2D eigenvalue weighted by Crippen LogP contribution is -2.48. The molecule has 0 bridgehead atoms. The van der Waals surface area contributed by atoms with Gasteiger partial charge in [-0.3, -0.25) is 0 Å². The third-order valence-electron chi connectivity index (χ3n) is 3.09. The molecule has 2 fully saturated rings. The first-order chi connectivity index (χ1) is 7.62. The van der Waals surface area contributed by atoms with E-state index in [9.17, 15) is 9.59 Å². The van der Waals surface area contributed by atoms with Crippen molar-refractivity contribution in [2.75, 3.05) is 18.1 Å². The highest BCUT2D eigenvalue weighted by atomic mass is 32.2. The van der Waals surface area contributed by atoms with Crippen LogP contribution in [0.25, 0.3) is 0 Å². The van der Waals surface area contributed by atoms with E-state index in [0.29, 0.717) is 25.3 Å². The van der Waals surface area contributed by atoms with Gasteiger partial charge >= 0.3 is 12.0 Å². The highest BCUT2D eigenvalue weighted by Crippen LogP contribution is 2.35. The second-order valence-electron chi connectivity index (χ2n) is 4.45. The number of carbonyl (C=O) groups excluding carboxylic acids is 1. The topological polar surface area (TPSA) is 78.4 Å². The van der Waals surface area contributed by atoms with Gasteiger partial charge in [0.25, 0.3) is 0 Å². The van der Waals surface area contributed by atoms with E-state index in [4.69, 9.17) is 5.11 Å². The monoisotopic (exact) mass is 244 g/mol. The first-order valence-electron chi connectivity index (χ1n) is 5.49. The maximum atomic E-state index is 11.5. The second kappa shape index (κ2) is 4.53. The molecule has 1 atom stereocenters. The zero-order valence-corrected chi connectivity index (χ0v) is 9.81. The first-order valence-corrected chi connectivity index (χ1v) is 6.65. The zero-order valence-electron chi connectivity index (χ0n) is 8.99. The molecule has 2 aliphatic rings. The Hall–Kier alpha value is -0.910. The minimum absolute atomic E-state index is 0.350. The van der Waals surface area contributed by atoms with Gasteiger partial charge < -0.3 is 15.7 Å². The number of urea groups is 1. The van der Waals surface area contributed by atoms with Gasteiger partial charge in [-0.05, 0) is 36.7 Å². The largest absolute Gasteiger partial charge is 0.480 e. The smallest absolute Gasteiger partial charge is 0.329 e. The number of aliphatic carboxylic acids is 1. The Bertz CT molecular complexity index is 298. The first kappa shape index (κ1) is 11.6. The minimum atomic E-state index is -0.978. The van der Waals surface area contributed by atoms with Crippen LogP contribution in [0.4, 0.5) is 4.79 Å². The number of carboxylic acids is 1. The molecule has 1 unspecified atom stereocenters. The van der Waals surface area contributed by atoms with Crippen LogP contribution >= 0.6 is 11.8 Å². The molecule has 0 spiro atoms. The molecule has 1 aliphatic carbocycles.